The summed E-state index contributed by atoms with van der Waals surface area (Å²) < 4.78 is 36.3. The van der Waals surface area contributed by atoms with Crippen molar-refractivity contribution in [3.63, 3.8) is 0 Å². The van der Waals surface area contributed by atoms with E-state index >= 15 is 9.13 Å². The van der Waals surface area contributed by atoms with E-state index in [1.807, 2.05) is 234 Å². The van der Waals surface area contributed by atoms with Crippen LogP contribution in [-0.2, 0) is 9.13 Å². The van der Waals surface area contributed by atoms with E-state index in [-0.39, 0.29) is 0 Å². The monoisotopic (exact) mass is 1370 g/mol. The summed E-state index contributed by atoms with van der Waals surface area (Å²) in [6, 6.07) is 98.3. The van der Waals surface area contributed by atoms with Crippen molar-refractivity contribution < 1.29 is 13.5 Å². The topological polar surface area (TPSA) is 98.8 Å². The Bertz CT molecular complexity index is 5100. The minimum absolute atomic E-state index is 0.485. The number of fused-ring (bicyclic) bond motifs is 6. The number of rotatable bonds is 28. The first kappa shape index (κ1) is 74.9. The second-order valence-electron chi connectivity index (χ2n) is 24.2. The molecule has 0 amide bonds. The highest BCUT2D eigenvalue weighted by Crippen LogP contribution is 2.46. The molecular weight excluding hydrogens is 1310 g/mol. The molecule has 0 bridgehead atoms. The predicted octanol–water partition coefficient (Wildman–Crippen LogP) is 9.12. The molecule has 462 valence electrons. The Morgan fingerprint density at radius 1 is 0.295 bits per heavy atom. The molecule has 0 saturated heterocycles. The molecule has 31 heteroatoms. The van der Waals surface area contributed by atoms with Gasteiger partial charge in [0.2, 0.25) is 0 Å². The van der Waals surface area contributed by atoms with Crippen LogP contribution in [0.4, 0.5) is 0 Å². The third-order valence-electron chi connectivity index (χ3n) is 17.5. The van der Waals surface area contributed by atoms with Crippen molar-refractivity contribution in [3.05, 3.63) is 303 Å². The summed E-state index contributed by atoms with van der Waals surface area (Å²) in [5.74, 6) is 1.94. The minimum atomic E-state index is -3.17. The van der Waals surface area contributed by atoms with Crippen molar-refractivity contribution in [2.75, 3.05) is 0 Å². The summed E-state index contributed by atoms with van der Waals surface area (Å²) in [6.45, 7) is 6.42. The highest BCUT2D eigenvalue weighted by Gasteiger charge is 2.33. The van der Waals surface area contributed by atoms with Gasteiger partial charge in [-0.05, 0) is 81.7 Å². The fourth-order valence-electron chi connectivity index (χ4n) is 12.3. The van der Waals surface area contributed by atoms with Crippen LogP contribution in [0.3, 0.4) is 0 Å². The van der Waals surface area contributed by atoms with E-state index in [2.05, 4.69) is 159 Å². The van der Waals surface area contributed by atoms with Crippen LogP contribution in [-0.4, -0.2) is 170 Å². The maximum absolute atomic E-state index is 15.0. The van der Waals surface area contributed by atoms with Gasteiger partial charge in [0.1, 0.15) is 11.2 Å². The average Bonchev–Trinajstić information content (AvgIpc) is 1.66. The van der Waals surface area contributed by atoms with Crippen LogP contribution < -0.4 is 31.8 Å². The fraction of sp³-hybridized carbons (Fsp3) is 0. The first-order chi connectivity index (χ1) is 51.7. The molecular formula is C74H50B21N4O3P3. The number of furan rings is 1. The Labute approximate surface area is 635 Å². The van der Waals surface area contributed by atoms with Gasteiger partial charge in [-0.25, -0.2) is 22.5 Å². The summed E-state index contributed by atoms with van der Waals surface area (Å²) in [6.07, 6.45) is 1.84. The third-order valence-corrected chi connectivity index (χ3v) is 25.1. The first-order valence-corrected chi connectivity index (χ1v) is 39.2. The van der Waals surface area contributed by atoms with E-state index in [0.717, 1.165) is 92.1 Å². The molecule has 24 radical (unpaired) electrons. The second-order valence-corrected chi connectivity index (χ2v) is 31.5. The van der Waals surface area contributed by atoms with Crippen molar-refractivity contribution in [1.29, 1.82) is 0 Å². The van der Waals surface area contributed by atoms with Crippen LogP contribution in [0.25, 0.3) is 99.7 Å². The van der Waals surface area contributed by atoms with Gasteiger partial charge < -0.3 is 13.5 Å². The predicted molar refractivity (Wildman–Crippen MR) is 472 cm³/mol. The highest BCUT2D eigenvalue weighted by atomic mass is 31.2. The standard InChI is InChI=1S/C38H24N4.C36H26O3P2.B21P/c1-3-9-30-23-32(20-14-25(30)7-1)37-40-36(41-38(42-37)33-21-15-26-8-2-4-10-31(26)24-33)29-18-16-27(17-19-29)34-13-5-11-28-12-6-22-39-35(28)34;37-40(27-13-5-1-6-14-27,28-15-7-2-8-16-28)31-21-23-35-33(25-31)34-26-32(22-24-36(34)39-35)41(38,29-17-9-3-10-18-29)30-19-11-4-12-20-30;1-4-7-10-13-16-19-22(20-17-14-11-8-5-2)21-18-15-12-9-6-3/h1-24H;1-26H;. The SMILES string of the molecule is O=P(c1ccccc1)(c1ccccc1)c1ccc2oc3ccc(P(=O)(c4ccccc4)c4ccccc4)cc3c2c1.[B][B][B][B][B][B][B]P([B][B][B][B][B][B][B])[B][B][B][B][B][B][B].c1ccc2cc(-c3nc(-c4ccc(-c5cccc6cccnc56)cc4)nc(-c4ccc5ccccc5c4)n3)ccc2c1. The molecule has 0 fully saturated rings. The number of hydrogen-bond acceptors (Lipinski definition) is 7. The van der Waals surface area contributed by atoms with Gasteiger partial charge in [-0.1, -0.05) is 243 Å². The molecule has 0 saturated carbocycles. The van der Waals surface area contributed by atoms with Gasteiger partial charge in [0.15, 0.2) is 31.8 Å². The molecule has 0 atom stereocenters. The molecule has 15 aromatic rings. The Balaban J connectivity index is 0.000000148. The lowest BCUT2D eigenvalue weighted by molar-refractivity contribution is 0.591. The summed E-state index contributed by atoms with van der Waals surface area (Å²) in [7, 11) is 36.3. The van der Waals surface area contributed by atoms with Gasteiger partial charge in [0, 0.05) is 206 Å². The van der Waals surface area contributed by atoms with Gasteiger partial charge in [-0.2, -0.15) is 0 Å². The molecule has 0 aliphatic heterocycles. The number of aromatic nitrogens is 4. The largest absolute Gasteiger partial charge is 0.456 e. The van der Waals surface area contributed by atoms with Crippen molar-refractivity contribution in [3.8, 4) is 45.3 Å². The Hall–Kier alpha value is -8.37. The summed E-state index contributed by atoms with van der Waals surface area (Å²) >= 11 is 0. The third kappa shape index (κ3) is 18.4. The van der Waals surface area contributed by atoms with Crippen LogP contribution in [0.15, 0.2) is 308 Å². The summed E-state index contributed by atoms with van der Waals surface area (Å²) in [4.78, 5) is 19.6. The van der Waals surface area contributed by atoms with Crippen LogP contribution >= 0.6 is 21.8 Å². The van der Waals surface area contributed by atoms with Crippen LogP contribution in [0.1, 0.15) is 0 Å². The van der Waals surface area contributed by atoms with Crippen LogP contribution in [0, 0.1) is 0 Å². The Morgan fingerprint density at radius 2 is 0.648 bits per heavy atom. The van der Waals surface area contributed by atoms with E-state index in [0.29, 0.717) is 28.6 Å². The van der Waals surface area contributed by atoms with Gasteiger partial charge in [0.05, 0.1) is 26.2 Å². The smallest absolute Gasteiger partial charge is 0.171 e. The first-order valence-electron chi connectivity index (χ1n) is 34.2. The highest BCUT2D eigenvalue weighted by molar-refractivity contribution is 8.34. The fourth-order valence-corrected chi connectivity index (χ4v) is 18.9. The lowest BCUT2D eigenvalue weighted by atomic mass is 8.96. The van der Waals surface area contributed by atoms with E-state index in [1.165, 1.54) is 32.0 Å². The van der Waals surface area contributed by atoms with E-state index in [1.54, 1.807) is 21.2 Å². The zero-order chi connectivity index (χ0) is 72.1. The molecule has 0 aliphatic rings. The van der Waals surface area contributed by atoms with Crippen molar-refractivity contribution >= 4 is 258 Å². The minimum Gasteiger partial charge on any atom is -0.456 e. The molecule has 0 aliphatic carbocycles. The normalized spacial score (nSPS) is 10.9. The van der Waals surface area contributed by atoms with Gasteiger partial charge in [-0.3, -0.25) is 4.98 Å². The Morgan fingerprint density at radius 3 is 1.07 bits per heavy atom. The maximum Gasteiger partial charge on any atom is 0.171 e. The maximum atomic E-state index is 15.0. The lowest BCUT2D eigenvalue weighted by Gasteiger charge is -2.20. The molecule has 0 N–H and O–H groups in total. The van der Waals surface area contributed by atoms with E-state index in [9.17, 15) is 0 Å². The molecule has 3 heterocycles. The van der Waals surface area contributed by atoms with E-state index < -0.39 is 21.8 Å². The molecule has 15 rings (SSSR count). The number of hydrogen-bond donors (Lipinski definition) is 0. The molecule has 7 nitrogen and oxygen atoms in total. The molecule has 105 heavy (non-hydrogen) atoms. The van der Waals surface area contributed by atoms with Gasteiger partial charge in [-0.15, -0.1) is 0 Å². The van der Waals surface area contributed by atoms with E-state index in [4.69, 9.17) is 42.6 Å². The quantitative estimate of drug-likeness (QED) is 0.0274. The van der Waals surface area contributed by atoms with Gasteiger partial charge in [0.25, 0.3) is 0 Å². The molecule has 0 unspecified atom stereocenters. The van der Waals surface area contributed by atoms with Crippen molar-refractivity contribution in [2.24, 2.45) is 0 Å². The summed E-state index contributed by atoms with van der Waals surface area (Å²) in [5, 5.41) is 12.0. The van der Waals surface area contributed by atoms with Crippen molar-refractivity contribution in [1.82, 2.24) is 19.9 Å². The average molecular weight is 1360 g/mol. The number of benzene rings is 12. The second kappa shape index (κ2) is 37.2. The van der Waals surface area contributed by atoms with Crippen LogP contribution in [0.5, 0.6) is 0 Å². The number of pyridine rings is 1. The number of nitrogens with zero attached hydrogens (tertiary/aromatic N) is 4. The zero-order valence-electron chi connectivity index (χ0n) is 57.3. The Kier molecular flexibility index (Phi) is 26.6. The van der Waals surface area contributed by atoms with Crippen LogP contribution in [0.2, 0.25) is 0 Å². The summed E-state index contributed by atoms with van der Waals surface area (Å²) in [5.41, 5.74) is 7.43. The lowest BCUT2D eigenvalue weighted by Crippen LogP contribution is -2.32. The van der Waals surface area contributed by atoms with Gasteiger partial charge >= 0.3 is 0 Å². The molecule has 3 aromatic heterocycles. The molecule has 0 spiro atoms. The number of para-hydroxylation sites is 1. The van der Waals surface area contributed by atoms with Crippen molar-refractivity contribution in [2.45, 2.75) is 0 Å². The zero-order valence-corrected chi connectivity index (χ0v) is 60.0. The molecule has 12 aromatic carbocycles.